The molecule has 0 fully saturated rings. The van der Waals surface area contributed by atoms with E-state index in [0.29, 0.717) is 17.1 Å². The molecule has 0 aliphatic rings. The van der Waals surface area contributed by atoms with E-state index in [1.165, 1.54) is 18.2 Å². The summed E-state index contributed by atoms with van der Waals surface area (Å²) >= 11 is 1.60. The zero-order valence-electron chi connectivity index (χ0n) is 16.8. The first-order valence-electron chi connectivity index (χ1n) is 9.29. The highest BCUT2D eigenvalue weighted by atomic mass is 32.2. The molecule has 3 aromatic rings. The number of ether oxygens (including phenoxy) is 1. The standard InChI is InChI=1S/C21H21F3N4O2S/c1-13(12-29)25-20-27-18(14-5-3-7-16(9-14)30-21(22,23)24)11-19(28-20)26-15-6-4-8-17(10-15)31-2/h3-11,13,29H,12H2,1-2H3,(H2,25,26,27,28)/t13-/m0/s1. The summed E-state index contributed by atoms with van der Waals surface area (Å²) in [5, 5.41) is 15.5. The lowest BCUT2D eigenvalue weighted by Gasteiger charge is -2.15. The number of anilines is 3. The molecule has 0 saturated heterocycles. The van der Waals surface area contributed by atoms with Gasteiger partial charge in [-0.2, -0.15) is 4.98 Å². The highest BCUT2D eigenvalue weighted by Gasteiger charge is 2.31. The van der Waals surface area contributed by atoms with Gasteiger partial charge in [0.05, 0.1) is 12.3 Å². The van der Waals surface area contributed by atoms with Crippen LogP contribution in [0.5, 0.6) is 5.75 Å². The number of nitrogens with one attached hydrogen (secondary N) is 2. The molecule has 3 rings (SSSR count). The Labute approximate surface area is 181 Å². The van der Waals surface area contributed by atoms with Crippen molar-refractivity contribution in [3.8, 4) is 17.0 Å². The highest BCUT2D eigenvalue weighted by Crippen LogP contribution is 2.30. The SMILES string of the molecule is CSc1cccc(Nc2cc(-c3cccc(OC(F)(F)F)c3)nc(N[C@@H](C)CO)n2)c1. The molecule has 31 heavy (non-hydrogen) atoms. The van der Waals surface area contributed by atoms with Crippen molar-refractivity contribution < 1.29 is 23.0 Å². The van der Waals surface area contributed by atoms with Gasteiger partial charge in [0, 0.05) is 28.3 Å². The van der Waals surface area contributed by atoms with Gasteiger partial charge in [0.15, 0.2) is 0 Å². The molecule has 6 nitrogen and oxygen atoms in total. The number of benzene rings is 2. The Morgan fingerprint density at radius 3 is 2.58 bits per heavy atom. The van der Waals surface area contributed by atoms with E-state index in [2.05, 4.69) is 25.3 Å². The zero-order valence-corrected chi connectivity index (χ0v) is 17.6. The molecule has 0 unspecified atom stereocenters. The number of rotatable bonds is 8. The second-order valence-corrected chi connectivity index (χ2v) is 7.50. The lowest BCUT2D eigenvalue weighted by molar-refractivity contribution is -0.274. The number of aliphatic hydroxyl groups excluding tert-OH is 1. The van der Waals surface area contributed by atoms with E-state index in [-0.39, 0.29) is 24.3 Å². The fourth-order valence-corrected chi connectivity index (χ4v) is 3.15. The van der Waals surface area contributed by atoms with Crippen molar-refractivity contribution in [2.75, 3.05) is 23.5 Å². The number of hydrogen-bond acceptors (Lipinski definition) is 7. The van der Waals surface area contributed by atoms with Gasteiger partial charge in [-0.15, -0.1) is 24.9 Å². The molecule has 0 aliphatic carbocycles. The molecular formula is C21H21F3N4O2S. The minimum Gasteiger partial charge on any atom is -0.406 e. The summed E-state index contributed by atoms with van der Waals surface area (Å²) in [6, 6.07) is 14.6. The number of halogens is 3. The Kier molecular flexibility index (Phi) is 7.24. The molecule has 0 spiro atoms. The van der Waals surface area contributed by atoms with Crippen molar-refractivity contribution in [3.05, 3.63) is 54.6 Å². The number of aromatic nitrogens is 2. The fourth-order valence-electron chi connectivity index (χ4n) is 2.69. The van der Waals surface area contributed by atoms with Gasteiger partial charge in [-0.05, 0) is 43.5 Å². The van der Waals surface area contributed by atoms with E-state index in [4.69, 9.17) is 0 Å². The fraction of sp³-hybridized carbons (Fsp3) is 0.238. The van der Waals surface area contributed by atoms with Crippen LogP contribution in [0.2, 0.25) is 0 Å². The van der Waals surface area contributed by atoms with Crippen LogP contribution in [0.1, 0.15) is 6.92 Å². The predicted octanol–water partition coefficient (Wildman–Crippen LogP) is 5.30. The van der Waals surface area contributed by atoms with Crippen molar-refractivity contribution in [2.24, 2.45) is 0 Å². The third-order valence-electron chi connectivity index (χ3n) is 4.08. The Bertz CT molecular complexity index is 1030. The first-order chi connectivity index (χ1) is 14.8. The van der Waals surface area contributed by atoms with Crippen LogP contribution in [-0.4, -0.2) is 40.3 Å². The minimum atomic E-state index is -4.79. The average Bonchev–Trinajstić information content (AvgIpc) is 2.72. The largest absolute Gasteiger partial charge is 0.573 e. The van der Waals surface area contributed by atoms with Crippen molar-refractivity contribution >= 4 is 29.2 Å². The van der Waals surface area contributed by atoms with Crippen LogP contribution >= 0.6 is 11.8 Å². The molecule has 0 aliphatic heterocycles. The Morgan fingerprint density at radius 2 is 1.87 bits per heavy atom. The monoisotopic (exact) mass is 450 g/mol. The van der Waals surface area contributed by atoms with E-state index in [9.17, 15) is 18.3 Å². The molecule has 0 bridgehead atoms. The predicted molar refractivity (Wildman–Crippen MR) is 116 cm³/mol. The van der Waals surface area contributed by atoms with E-state index in [1.807, 2.05) is 30.5 Å². The summed E-state index contributed by atoms with van der Waals surface area (Å²) in [6.07, 6.45) is -2.82. The maximum atomic E-state index is 12.6. The zero-order chi connectivity index (χ0) is 22.4. The number of aliphatic hydroxyl groups is 1. The van der Waals surface area contributed by atoms with Gasteiger partial charge in [-0.1, -0.05) is 18.2 Å². The van der Waals surface area contributed by atoms with Crippen LogP contribution in [0.3, 0.4) is 0 Å². The number of alkyl halides is 3. The van der Waals surface area contributed by atoms with Crippen LogP contribution in [0.25, 0.3) is 11.3 Å². The lowest BCUT2D eigenvalue weighted by atomic mass is 10.1. The molecule has 164 valence electrons. The van der Waals surface area contributed by atoms with Crippen molar-refractivity contribution in [1.29, 1.82) is 0 Å². The molecule has 1 heterocycles. The quantitative estimate of drug-likeness (QED) is 0.402. The summed E-state index contributed by atoms with van der Waals surface area (Å²) in [5.74, 6) is 0.326. The third-order valence-corrected chi connectivity index (χ3v) is 4.81. The van der Waals surface area contributed by atoms with Crippen LogP contribution in [0.15, 0.2) is 59.5 Å². The molecule has 0 radical (unpaired) electrons. The molecule has 0 amide bonds. The summed E-state index contributed by atoms with van der Waals surface area (Å²) < 4.78 is 41.8. The highest BCUT2D eigenvalue weighted by molar-refractivity contribution is 7.98. The van der Waals surface area contributed by atoms with Gasteiger partial charge in [-0.25, -0.2) is 4.98 Å². The molecule has 1 atom stereocenters. The molecule has 3 N–H and O–H groups in total. The van der Waals surface area contributed by atoms with E-state index in [1.54, 1.807) is 30.8 Å². The van der Waals surface area contributed by atoms with Gasteiger partial charge >= 0.3 is 6.36 Å². The van der Waals surface area contributed by atoms with Crippen LogP contribution in [0.4, 0.5) is 30.6 Å². The van der Waals surface area contributed by atoms with Gasteiger partial charge in [0.25, 0.3) is 0 Å². The van der Waals surface area contributed by atoms with Crippen LogP contribution in [-0.2, 0) is 0 Å². The Hall–Kier alpha value is -2.98. The van der Waals surface area contributed by atoms with Crippen molar-refractivity contribution in [2.45, 2.75) is 24.2 Å². The average molecular weight is 450 g/mol. The number of nitrogens with zero attached hydrogens (tertiary/aromatic N) is 2. The summed E-state index contributed by atoms with van der Waals surface area (Å²) in [5.41, 5.74) is 1.61. The molecule has 1 aromatic heterocycles. The maximum Gasteiger partial charge on any atom is 0.573 e. The lowest BCUT2D eigenvalue weighted by Crippen LogP contribution is -2.21. The van der Waals surface area contributed by atoms with Crippen LogP contribution in [0, 0.1) is 0 Å². The summed E-state index contributed by atoms with van der Waals surface area (Å²) in [7, 11) is 0. The molecule has 0 saturated carbocycles. The molecular weight excluding hydrogens is 429 g/mol. The van der Waals surface area contributed by atoms with Gasteiger partial charge in [-0.3, -0.25) is 0 Å². The molecule has 2 aromatic carbocycles. The maximum absolute atomic E-state index is 12.6. The van der Waals surface area contributed by atoms with Crippen molar-refractivity contribution in [1.82, 2.24) is 9.97 Å². The first kappa shape index (κ1) is 22.7. The second kappa shape index (κ2) is 9.88. The third kappa shape index (κ3) is 6.76. The van der Waals surface area contributed by atoms with Crippen molar-refractivity contribution in [3.63, 3.8) is 0 Å². The van der Waals surface area contributed by atoms with E-state index >= 15 is 0 Å². The smallest absolute Gasteiger partial charge is 0.406 e. The van der Waals surface area contributed by atoms with Gasteiger partial charge in [0.2, 0.25) is 5.95 Å². The van der Waals surface area contributed by atoms with E-state index < -0.39 is 6.36 Å². The Morgan fingerprint density at radius 1 is 1.10 bits per heavy atom. The Balaban J connectivity index is 1.98. The number of thioether (sulfide) groups is 1. The minimum absolute atomic E-state index is 0.138. The first-order valence-corrected chi connectivity index (χ1v) is 10.5. The molecule has 10 heteroatoms. The summed E-state index contributed by atoms with van der Waals surface area (Å²) in [4.78, 5) is 9.87. The van der Waals surface area contributed by atoms with Crippen LogP contribution < -0.4 is 15.4 Å². The number of hydrogen-bond donors (Lipinski definition) is 3. The normalized spacial score (nSPS) is 12.3. The summed E-state index contributed by atoms with van der Waals surface area (Å²) in [6.45, 7) is 1.61. The van der Waals surface area contributed by atoms with Gasteiger partial charge in [0.1, 0.15) is 11.6 Å². The second-order valence-electron chi connectivity index (χ2n) is 6.62. The van der Waals surface area contributed by atoms with Gasteiger partial charge < -0.3 is 20.5 Å². The van der Waals surface area contributed by atoms with E-state index in [0.717, 1.165) is 10.6 Å². The topological polar surface area (TPSA) is 79.3 Å².